The number of likely N-dealkylation sites (N-methyl/N-ethyl adjacent to an activating group) is 1. The second kappa shape index (κ2) is 7.55. The molecule has 0 fully saturated rings. The van der Waals surface area contributed by atoms with Crippen LogP contribution in [0.5, 0.6) is 0 Å². The summed E-state index contributed by atoms with van der Waals surface area (Å²) in [5.74, 6) is 0. The molecule has 18 heavy (non-hydrogen) atoms. The summed E-state index contributed by atoms with van der Waals surface area (Å²) in [6.45, 7) is 9.71. The first-order valence-electron chi connectivity index (χ1n) is 6.95. The van der Waals surface area contributed by atoms with E-state index in [-0.39, 0.29) is 6.10 Å². The predicted octanol–water partition coefficient (Wildman–Crippen LogP) is 3.25. The first-order chi connectivity index (χ1) is 8.63. The molecule has 0 bridgehead atoms. The number of aryl methyl sites for hydroxylation is 2. The molecule has 1 aromatic carbocycles. The summed E-state index contributed by atoms with van der Waals surface area (Å²) in [6, 6.07) is 6.91. The number of methoxy groups -OCH3 is 1. The van der Waals surface area contributed by atoms with Gasteiger partial charge in [-0.25, -0.2) is 0 Å². The molecule has 1 rings (SSSR count). The van der Waals surface area contributed by atoms with Gasteiger partial charge in [-0.3, -0.25) is 0 Å². The smallest absolute Gasteiger partial charge is 0.0724 e. The van der Waals surface area contributed by atoms with Gasteiger partial charge in [0.1, 0.15) is 0 Å². The lowest BCUT2D eigenvalue weighted by Crippen LogP contribution is -2.42. The fourth-order valence-electron chi connectivity index (χ4n) is 2.60. The van der Waals surface area contributed by atoms with Gasteiger partial charge in [0, 0.05) is 13.2 Å². The van der Waals surface area contributed by atoms with Crippen molar-refractivity contribution in [2.45, 2.75) is 52.7 Å². The number of benzene rings is 1. The molecule has 102 valence electrons. The summed E-state index contributed by atoms with van der Waals surface area (Å²) < 4.78 is 5.60. The molecule has 0 heterocycles. The first kappa shape index (κ1) is 15.2. The molecule has 2 nitrogen and oxygen atoms in total. The Morgan fingerprint density at radius 1 is 1.17 bits per heavy atom. The maximum absolute atomic E-state index is 5.60. The van der Waals surface area contributed by atoms with E-state index in [0.717, 1.165) is 19.4 Å². The molecular weight excluding hydrogens is 222 g/mol. The van der Waals surface area contributed by atoms with E-state index >= 15 is 0 Å². The molecular formula is C16H27NO. The molecule has 0 spiro atoms. The van der Waals surface area contributed by atoms with Crippen LogP contribution in [0.25, 0.3) is 0 Å². The minimum atomic E-state index is 0.281. The van der Waals surface area contributed by atoms with Crippen LogP contribution in [-0.2, 0) is 11.2 Å². The van der Waals surface area contributed by atoms with Gasteiger partial charge in [0.05, 0.1) is 6.10 Å². The highest BCUT2D eigenvalue weighted by molar-refractivity contribution is 5.34. The van der Waals surface area contributed by atoms with Crippen LogP contribution in [0.2, 0.25) is 0 Å². The van der Waals surface area contributed by atoms with Gasteiger partial charge >= 0.3 is 0 Å². The van der Waals surface area contributed by atoms with Crippen molar-refractivity contribution in [2.75, 3.05) is 13.7 Å². The summed E-state index contributed by atoms with van der Waals surface area (Å²) >= 11 is 0. The van der Waals surface area contributed by atoms with Gasteiger partial charge in [0.25, 0.3) is 0 Å². The molecule has 2 atom stereocenters. The van der Waals surface area contributed by atoms with E-state index in [9.17, 15) is 0 Å². The van der Waals surface area contributed by atoms with E-state index in [0.29, 0.717) is 6.04 Å². The van der Waals surface area contributed by atoms with Crippen molar-refractivity contribution in [3.63, 3.8) is 0 Å². The third kappa shape index (κ3) is 3.82. The normalized spacial score (nSPS) is 14.5. The Balaban J connectivity index is 2.89. The second-order valence-electron chi connectivity index (χ2n) is 4.92. The SMILES string of the molecule is CCNC(Cc1c(C)cccc1C)C(CC)OC. The molecule has 1 N–H and O–H groups in total. The van der Waals surface area contributed by atoms with Crippen molar-refractivity contribution in [3.05, 3.63) is 34.9 Å². The first-order valence-corrected chi connectivity index (χ1v) is 6.95. The van der Waals surface area contributed by atoms with Gasteiger partial charge in [-0.15, -0.1) is 0 Å². The predicted molar refractivity (Wildman–Crippen MR) is 78.2 cm³/mol. The van der Waals surface area contributed by atoms with Crippen LogP contribution >= 0.6 is 0 Å². The van der Waals surface area contributed by atoms with Crippen LogP contribution in [-0.4, -0.2) is 25.8 Å². The fraction of sp³-hybridized carbons (Fsp3) is 0.625. The van der Waals surface area contributed by atoms with E-state index < -0.39 is 0 Å². The van der Waals surface area contributed by atoms with Crippen molar-refractivity contribution < 1.29 is 4.74 Å². The van der Waals surface area contributed by atoms with E-state index in [1.807, 2.05) is 7.11 Å². The molecule has 2 heteroatoms. The lowest BCUT2D eigenvalue weighted by Gasteiger charge is -2.27. The second-order valence-corrected chi connectivity index (χ2v) is 4.92. The number of hydrogen-bond acceptors (Lipinski definition) is 2. The molecule has 0 aliphatic rings. The fourth-order valence-corrected chi connectivity index (χ4v) is 2.60. The Hall–Kier alpha value is -0.860. The molecule has 1 aromatic rings. The van der Waals surface area contributed by atoms with Crippen molar-refractivity contribution in [3.8, 4) is 0 Å². The monoisotopic (exact) mass is 249 g/mol. The minimum absolute atomic E-state index is 0.281. The van der Waals surface area contributed by atoms with E-state index in [2.05, 4.69) is 51.2 Å². The molecule has 0 aliphatic carbocycles. The summed E-state index contributed by atoms with van der Waals surface area (Å²) in [4.78, 5) is 0. The summed E-state index contributed by atoms with van der Waals surface area (Å²) in [6.07, 6.45) is 2.36. The Morgan fingerprint density at radius 2 is 1.78 bits per heavy atom. The minimum Gasteiger partial charge on any atom is -0.380 e. The van der Waals surface area contributed by atoms with Gasteiger partial charge in [0.15, 0.2) is 0 Å². The quantitative estimate of drug-likeness (QED) is 0.801. The van der Waals surface area contributed by atoms with Crippen molar-refractivity contribution in [1.29, 1.82) is 0 Å². The highest BCUT2D eigenvalue weighted by Crippen LogP contribution is 2.18. The zero-order chi connectivity index (χ0) is 13.5. The zero-order valence-corrected chi connectivity index (χ0v) is 12.4. The van der Waals surface area contributed by atoms with Crippen molar-refractivity contribution in [1.82, 2.24) is 5.32 Å². The lowest BCUT2D eigenvalue weighted by atomic mass is 9.93. The molecule has 0 aliphatic heterocycles. The Kier molecular flexibility index (Phi) is 6.37. The van der Waals surface area contributed by atoms with Crippen LogP contribution in [0.4, 0.5) is 0 Å². The lowest BCUT2D eigenvalue weighted by molar-refractivity contribution is 0.0658. The average Bonchev–Trinajstić information content (AvgIpc) is 2.35. The van der Waals surface area contributed by atoms with Gasteiger partial charge in [-0.2, -0.15) is 0 Å². The molecule has 0 aromatic heterocycles. The number of nitrogens with one attached hydrogen (secondary N) is 1. The average molecular weight is 249 g/mol. The van der Waals surface area contributed by atoms with Crippen LogP contribution in [0.1, 0.15) is 37.0 Å². The maximum atomic E-state index is 5.60. The van der Waals surface area contributed by atoms with Crippen LogP contribution in [0.3, 0.4) is 0 Å². The standard InChI is InChI=1S/C16H27NO/c1-6-16(18-5)15(17-7-2)11-14-12(3)9-8-10-13(14)4/h8-10,15-17H,6-7,11H2,1-5H3. The number of hydrogen-bond donors (Lipinski definition) is 1. The molecule has 0 radical (unpaired) electrons. The molecule has 0 saturated carbocycles. The van der Waals surface area contributed by atoms with E-state index in [4.69, 9.17) is 4.74 Å². The van der Waals surface area contributed by atoms with Crippen molar-refractivity contribution >= 4 is 0 Å². The van der Waals surface area contributed by atoms with Gasteiger partial charge in [-0.05, 0) is 49.9 Å². The maximum Gasteiger partial charge on any atom is 0.0724 e. The third-order valence-electron chi connectivity index (χ3n) is 3.69. The highest BCUT2D eigenvalue weighted by atomic mass is 16.5. The Labute approximate surface area is 112 Å². The van der Waals surface area contributed by atoms with Crippen LogP contribution in [0, 0.1) is 13.8 Å². The number of rotatable bonds is 7. The zero-order valence-electron chi connectivity index (χ0n) is 12.4. The van der Waals surface area contributed by atoms with Crippen LogP contribution in [0.15, 0.2) is 18.2 Å². The Morgan fingerprint density at radius 3 is 2.22 bits per heavy atom. The Bertz CT molecular complexity index is 338. The van der Waals surface area contributed by atoms with Gasteiger partial charge in [0.2, 0.25) is 0 Å². The molecule has 0 amide bonds. The summed E-state index contributed by atoms with van der Waals surface area (Å²) in [5.41, 5.74) is 4.21. The van der Waals surface area contributed by atoms with Gasteiger partial charge < -0.3 is 10.1 Å². The molecule has 0 saturated heterocycles. The van der Waals surface area contributed by atoms with E-state index in [1.165, 1.54) is 16.7 Å². The highest BCUT2D eigenvalue weighted by Gasteiger charge is 2.20. The summed E-state index contributed by atoms with van der Waals surface area (Å²) in [5, 5.41) is 3.56. The molecule has 2 unspecified atom stereocenters. The van der Waals surface area contributed by atoms with Gasteiger partial charge in [-0.1, -0.05) is 32.0 Å². The topological polar surface area (TPSA) is 21.3 Å². The van der Waals surface area contributed by atoms with Crippen LogP contribution < -0.4 is 5.32 Å². The van der Waals surface area contributed by atoms with Crippen molar-refractivity contribution in [2.24, 2.45) is 0 Å². The summed E-state index contributed by atoms with van der Waals surface area (Å²) in [7, 11) is 1.81. The number of ether oxygens (including phenoxy) is 1. The third-order valence-corrected chi connectivity index (χ3v) is 3.69. The van der Waals surface area contributed by atoms with E-state index in [1.54, 1.807) is 0 Å². The largest absolute Gasteiger partial charge is 0.380 e.